The monoisotopic (exact) mass is 504 g/mol. The van der Waals surface area contributed by atoms with E-state index >= 15 is 0 Å². The van der Waals surface area contributed by atoms with Crippen LogP contribution in [0.5, 0.6) is 11.6 Å². The fraction of sp³-hybridized carbons (Fsp3) is 0.156. The van der Waals surface area contributed by atoms with Crippen LogP contribution in [0.1, 0.15) is 24.8 Å². The van der Waals surface area contributed by atoms with Crippen molar-refractivity contribution in [1.29, 1.82) is 0 Å². The molecule has 0 bridgehead atoms. The highest BCUT2D eigenvalue weighted by Crippen LogP contribution is 2.29. The predicted octanol–water partition coefficient (Wildman–Crippen LogP) is 7.18. The SMILES string of the molecule is O=C(O)CCCCOc1ccc2cc(-c3nc(OCc4ccccc4)cc(-c4ccccc4)n3)ccc2c1. The van der Waals surface area contributed by atoms with Crippen molar-refractivity contribution in [3.63, 3.8) is 0 Å². The lowest BCUT2D eigenvalue weighted by Gasteiger charge is -2.11. The molecule has 1 N–H and O–H groups in total. The van der Waals surface area contributed by atoms with Gasteiger partial charge in [0.05, 0.1) is 12.3 Å². The van der Waals surface area contributed by atoms with Crippen LogP contribution in [0.15, 0.2) is 103 Å². The second kappa shape index (κ2) is 12.0. The molecule has 38 heavy (non-hydrogen) atoms. The first kappa shape index (κ1) is 25.0. The van der Waals surface area contributed by atoms with Gasteiger partial charge in [0.15, 0.2) is 5.82 Å². The van der Waals surface area contributed by atoms with E-state index in [4.69, 9.17) is 24.5 Å². The number of unbranched alkanes of at least 4 members (excludes halogenated alkanes) is 1. The second-order valence-electron chi connectivity index (χ2n) is 8.98. The topological polar surface area (TPSA) is 81.5 Å². The van der Waals surface area contributed by atoms with Gasteiger partial charge in [-0.15, -0.1) is 0 Å². The van der Waals surface area contributed by atoms with E-state index in [2.05, 4.69) is 6.07 Å². The zero-order valence-corrected chi connectivity index (χ0v) is 20.9. The maximum absolute atomic E-state index is 10.7. The summed E-state index contributed by atoms with van der Waals surface area (Å²) in [6.45, 7) is 0.908. The van der Waals surface area contributed by atoms with Gasteiger partial charge in [-0.05, 0) is 47.4 Å². The Morgan fingerprint density at radius 2 is 1.45 bits per heavy atom. The minimum atomic E-state index is -0.778. The number of hydrogen-bond acceptors (Lipinski definition) is 5. The number of ether oxygens (including phenoxy) is 2. The summed E-state index contributed by atoms with van der Waals surface area (Å²) in [7, 11) is 0. The Morgan fingerprint density at radius 3 is 2.24 bits per heavy atom. The van der Waals surface area contributed by atoms with E-state index in [0.29, 0.717) is 37.8 Å². The van der Waals surface area contributed by atoms with Crippen LogP contribution in [0.2, 0.25) is 0 Å². The van der Waals surface area contributed by atoms with Gasteiger partial charge in [0.25, 0.3) is 0 Å². The first-order valence-corrected chi connectivity index (χ1v) is 12.6. The van der Waals surface area contributed by atoms with Crippen molar-refractivity contribution in [1.82, 2.24) is 9.97 Å². The van der Waals surface area contributed by atoms with Crippen LogP contribution in [-0.2, 0) is 11.4 Å². The molecule has 190 valence electrons. The van der Waals surface area contributed by atoms with Crippen molar-refractivity contribution in [2.45, 2.75) is 25.9 Å². The zero-order valence-electron chi connectivity index (χ0n) is 20.9. The number of hydrogen-bond donors (Lipinski definition) is 1. The summed E-state index contributed by atoms with van der Waals surface area (Å²) in [5.74, 6) is 1.10. The van der Waals surface area contributed by atoms with Crippen LogP contribution in [0, 0.1) is 0 Å². The van der Waals surface area contributed by atoms with Gasteiger partial charge in [0.1, 0.15) is 12.4 Å². The zero-order chi connectivity index (χ0) is 26.2. The third kappa shape index (κ3) is 6.53. The fourth-order valence-electron chi connectivity index (χ4n) is 4.14. The molecule has 0 spiro atoms. The Morgan fingerprint density at radius 1 is 0.711 bits per heavy atom. The lowest BCUT2D eigenvalue weighted by atomic mass is 10.1. The highest BCUT2D eigenvalue weighted by Gasteiger charge is 2.11. The van der Waals surface area contributed by atoms with Crippen LogP contribution >= 0.6 is 0 Å². The predicted molar refractivity (Wildman–Crippen MR) is 148 cm³/mol. The highest BCUT2D eigenvalue weighted by atomic mass is 16.5. The molecule has 0 aliphatic heterocycles. The molecule has 1 aromatic heterocycles. The van der Waals surface area contributed by atoms with Gasteiger partial charge in [-0.1, -0.05) is 78.9 Å². The summed E-state index contributed by atoms with van der Waals surface area (Å²) in [6.07, 6.45) is 1.47. The van der Waals surface area contributed by atoms with Crippen molar-refractivity contribution >= 4 is 16.7 Å². The summed E-state index contributed by atoms with van der Waals surface area (Å²) >= 11 is 0. The quantitative estimate of drug-likeness (QED) is 0.192. The van der Waals surface area contributed by atoms with Crippen LogP contribution < -0.4 is 9.47 Å². The summed E-state index contributed by atoms with van der Waals surface area (Å²) in [6, 6.07) is 33.9. The molecular formula is C32H28N2O4. The molecule has 0 aliphatic rings. The Hall–Kier alpha value is -4.71. The van der Waals surface area contributed by atoms with Gasteiger partial charge >= 0.3 is 5.97 Å². The standard InChI is InChI=1S/C32H28N2O4/c35-31(36)13-7-8-18-37-28-17-16-25-19-27(15-14-26(25)20-28)32-33-29(24-11-5-2-6-12-24)21-30(34-32)38-22-23-9-3-1-4-10-23/h1-6,9-12,14-17,19-21H,7-8,13,18,22H2,(H,35,36). The highest BCUT2D eigenvalue weighted by molar-refractivity contribution is 5.87. The molecule has 0 aliphatic carbocycles. The maximum atomic E-state index is 10.7. The lowest BCUT2D eigenvalue weighted by molar-refractivity contribution is -0.137. The first-order valence-electron chi connectivity index (χ1n) is 12.6. The van der Waals surface area contributed by atoms with Crippen LogP contribution in [0.3, 0.4) is 0 Å². The lowest BCUT2D eigenvalue weighted by Crippen LogP contribution is -2.01. The molecule has 5 rings (SSSR count). The molecule has 0 radical (unpaired) electrons. The molecule has 0 amide bonds. The number of aliphatic carboxylic acids is 1. The summed E-state index contributed by atoms with van der Waals surface area (Å²) < 4.78 is 11.9. The first-order chi connectivity index (χ1) is 18.6. The van der Waals surface area contributed by atoms with Gasteiger partial charge in [-0.2, -0.15) is 4.98 Å². The van der Waals surface area contributed by atoms with Crippen LogP contribution in [-0.4, -0.2) is 27.7 Å². The van der Waals surface area contributed by atoms with Gasteiger partial charge in [-0.25, -0.2) is 4.98 Å². The van der Waals surface area contributed by atoms with Crippen molar-refractivity contribution in [2.24, 2.45) is 0 Å². The van der Waals surface area contributed by atoms with Crippen LogP contribution in [0.4, 0.5) is 0 Å². The van der Waals surface area contributed by atoms with Crippen molar-refractivity contribution in [3.8, 4) is 34.3 Å². The van der Waals surface area contributed by atoms with E-state index in [1.807, 2.05) is 97.1 Å². The molecule has 0 saturated carbocycles. The molecule has 0 unspecified atom stereocenters. The van der Waals surface area contributed by atoms with Gasteiger partial charge in [0, 0.05) is 23.6 Å². The molecule has 0 saturated heterocycles. The molecule has 6 heteroatoms. The third-order valence-corrected chi connectivity index (χ3v) is 6.13. The third-order valence-electron chi connectivity index (χ3n) is 6.13. The Bertz CT molecular complexity index is 1520. The second-order valence-corrected chi connectivity index (χ2v) is 8.98. The van der Waals surface area contributed by atoms with E-state index in [1.54, 1.807) is 0 Å². The number of carboxylic acids is 1. The van der Waals surface area contributed by atoms with Crippen molar-refractivity contribution < 1.29 is 19.4 Å². The summed E-state index contributed by atoms with van der Waals surface area (Å²) in [4.78, 5) is 20.3. The molecular weight excluding hydrogens is 476 g/mol. The van der Waals surface area contributed by atoms with E-state index in [9.17, 15) is 4.79 Å². The molecule has 6 nitrogen and oxygen atoms in total. The summed E-state index contributed by atoms with van der Waals surface area (Å²) in [5.41, 5.74) is 3.75. The number of aromatic nitrogens is 2. The Kier molecular flexibility index (Phi) is 7.89. The number of carboxylic acid groups (broad SMARTS) is 1. The minimum Gasteiger partial charge on any atom is -0.494 e. The largest absolute Gasteiger partial charge is 0.494 e. The minimum absolute atomic E-state index is 0.163. The molecule has 0 fully saturated rings. The van der Waals surface area contributed by atoms with Gasteiger partial charge in [-0.3, -0.25) is 4.79 Å². The molecule has 4 aromatic carbocycles. The number of benzene rings is 4. The average Bonchev–Trinajstić information content (AvgIpc) is 2.96. The normalized spacial score (nSPS) is 10.8. The molecule has 5 aromatic rings. The van der Waals surface area contributed by atoms with E-state index < -0.39 is 5.97 Å². The van der Waals surface area contributed by atoms with E-state index in [0.717, 1.165) is 38.9 Å². The Labute approximate surface area is 221 Å². The van der Waals surface area contributed by atoms with Crippen molar-refractivity contribution in [3.05, 3.63) is 109 Å². The van der Waals surface area contributed by atoms with Gasteiger partial charge < -0.3 is 14.6 Å². The van der Waals surface area contributed by atoms with E-state index in [1.165, 1.54) is 0 Å². The molecule has 0 atom stereocenters. The Balaban J connectivity index is 1.39. The smallest absolute Gasteiger partial charge is 0.303 e. The van der Waals surface area contributed by atoms with Crippen molar-refractivity contribution in [2.75, 3.05) is 6.61 Å². The average molecular weight is 505 g/mol. The molecule has 1 heterocycles. The van der Waals surface area contributed by atoms with Gasteiger partial charge in [0.2, 0.25) is 5.88 Å². The fourth-order valence-corrected chi connectivity index (χ4v) is 4.14. The number of rotatable bonds is 11. The van der Waals surface area contributed by atoms with Crippen LogP contribution in [0.25, 0.3) is 33.4 Å². The number of carbonyl (C=O) groups is 1. The number of nitrogens with zero attached hydrogens (tertiary/aromatic N) is 2. The maximum Gasteiger partial charge on any atom is 0.303 e. The van der Waals surface area contributed by atoms with E-state index in [-0.39, 0.29) is 6.42 Å². The summed E-state index contributed by atoms with van der Waals surface area (Å²) in [5, 5.41) is 10.8. The number of fused-ring (bicyclic) bond motifs is 1.